The third-order valence-electron chi connectivity index (χ3n) is 4.07. The number of hydrogen-bond donors (Lipinski definition) is 0. The molecule has 0 radical (unpaired) electrons. The summed E-state index contributed by atoms with van der Waals surface area (Å²) in [5, 5.41) is 4.74. The minimum atomic E-state index is -0.488. The molecule has 0 aliphatic rings. The number of methoxy groups -OCH3 is 1. The Kier molecular flexibility index (Phi) is 5.58. The number of aromatic nitrogens is 1. The van der Waals surface area contributed by atoms with Gasteiger partial charge in [0.1, 0.15) is 5.69 Å². The van der Waals surface area contributed by atoms with Crippen LogP contribution in [0.5, 0.6) is 0 Å². The Hall–Kier alpha value is -2.79. The Morgan fingerprint density at radius 3 is 2.46 bits per heavy atom. The van der Waals surface area contributed by atoms with E-state index >= 15 is 0 Å². The van der Waals surface area contributed by atoms with Gasteiger partial charge in [0.05, 0.1) is 7.11 Å². The van der Waals surface area contributed by atoms with Crippen LogP contribution in [-0.4, -0.2) is 24.8 Å². The van der Waals surface area contributed by atoms with Crippen molar-refractivity contribution in [2.24, 2.45) is 0 Å². The van der Waals surface area contributed by atoms with Gasteiger partial charge in [0, 0.05) is 23.7 Å². The molecule has 0 N–H and O–H groups in total. The third-order valence-corrected chi connectivity index (χ3v) is 4.32. The maximum absolute atomic E-state index is 12.5. The standard InChI is InChI=1S/C20H19ClN2O3/c1-3-23(13-14-7-5-4-6-8-14)19-17(20(24)25-2)18(22-26-19)15-9-11-16(21)12-10-15/h4-12H,3,13H2,1-2H3. The first-order valence-corrected chi connectivity index (χ1v) is 8.64. The molecule has 0 bridgehead atoms. The quantitative estimate of drug-likeness (QED) is 0.583. The van der Waals surface area contributed by atoms with Crippen LogP contribution >= 0.6 is 11.6 Å². The van der Waals surface area contributed by atoms with Crippen molar-refractivity contribution in [3.63, 3.8) is 0 Å². The maximum Gasteiger partial charge on any atom is 0.345 e. The van der Waals surface area contributed by atoms with E-state index in [2.05, 4.69) is 5.16 Å². The zero-order chi connectivity index (χ0) is 18.5. The number of esters is 1. The molecule has 0 amide bonds. The number of hydrogen-bond acceptors (Lipinski definition) is 5. The highest BCUT2D eigenvalue weighted by Gasteiger charge is 2.28. The number of anilines is 1. The number of benzene rings is 2. The molecule has 2 aromatic carbocycles. The van der Waals surface area contributed by atoms with Crippen molar-refractivity contribution in [3.05, 3.63) is 70.7 Å². The minimum Gasteiger partial charge on any atom is -0.465 e. The number of rotatable bonds is 6. The summed E-state index contributed by atoms with van der Waals surface area (Å²) in [7, 11) is 1.35. The number of halogens is 1. The summed E-state index contributed by atoms with van der Waals surface area (Å²) in [5.74, 6) is -0.0918. The molecule has 5 nitrogen and oxygen atoms in total. The van der Waals surface area contributed by atoms with E-state index < -0.39 is 5.97 Å². The van der Waals surface area contributed by atoms with Gasteiger partial charge in [0.15, 0.2) is 5.56 Å². The molecule has 0 saturated heterocycles. The van der Waals surface area contributed by atoms with Gasteiger partial charge < -0.3 is 14.2 Å². The van der Waals surface area contributed by atoms with Crippen molar-refractivity contribution in [2.45, 2.75) is 13.5 Å². The first kappa shape index (κ1) is 18.0. The topological polar surface area (TPSA) is 55.6 Å². The van der Waals surface area contributed by atoms with Gasteiger partial charge in [-0.25, -0.2) is 4.79 Å². The van der Waals surface area contributed by atoms with Crippen LogP contribution in [0.25, 0.3) is 11.3 Å². The Labute approximate surface area is 157 Å². The average Bonchev–Trinajstić information content (AvgIpc) is 3.11. The van der Waals surface area contributed by atoms with Crippen LogP contribution in [0, 0.1) is 0 Å². The zero-order valence-corrected chi connectivity index (χ0v) is 15.4. The van der Waals surface area contributed by atoms with Crippen LogP contribution in [0.2, 0.25) is 5.02 Å². The van der Waals surface area contributed by atoms with Gasteiger partial charge in [0.2, 0.25) is 5.88 Å². The van der Waals surface area contributed by atoms with Gasteiger partial charge in [-0.2, -0.15) is 0 Å². The molecule has 0 aliphatic carbocycles. The Balaban J connectivity index is 2.03. The predicted molar refractivity (Wildman–Crippen MR) is 101 cm³/mol. The minimum absolute atomic E-state index is 0.313. The molecule has 0 spiro atoms. The molecule has 26 heavy (non-hydrogen) atoms. The smallest absolute Gasteiger partial charge is 0.345 e. The maximum atomic E-state index is 12.5. The molecule has 1 aromatic heterocycles. The third kappa shape index (κ3) is 3.73. The second-order valence-corrected chi connectivity index (χ2v) is 6.15. The number of nitrogens with zero attached hydrogens (tertiary/aromatic N) is 2. The molecule has 0 atom stereocenters. The Morgan fingerprint density at radius 2 is 1.85 bits per heavy atom. The fourth-order valence-electron chi connectivity index (χ4n) is 2.72. The van der Waals surface area contributed by atoms with Gasteiger partial charge in [-0.15, -0.1) is 0 Å². The molecule has 0 unspecified atom stereocenters. The van der Waals surface area contributed by atoms with E-state index in [9.17, 15) is 4.79 Å². The summed E-state index contributed by atoms with van der Waals surface area (Å²) in [6.07, 6.45) is 0. The summed E-state index contributed by atoms with van der Waals surface area (Å²) < 4.78 is 10.5. The summed E-state index contributed by atoms with van der Waals surface area (Å²) in [6.45, 7) is 3.24. The van der Waals surface area contributed by atoms with E-state index in [0.717, 1.165) is 11.1 Å². The van der Waals surface area contributed by atoms with E-state index in [0.29, 0.717) is 35.3 Å². The van der Waals surface area contributed by atoms with Gasteiger partial charge in [-0.3, -0.25) is 0 Å². The first-order valence-electron chi connectivity index (χ1n) is 8.26. The normalized spacial score (nSPS) is 10.6. The van der Waals surface area contributed by atoms with Crippen molar-refractivity contribution < 1.29 is 14.1 Å². The fraction of sp³-hybridized carbons (Fsp3) is 0.200. The lowest BCUT2D eigenvalue weighted by molar-refractivity contribution is 0.0601. The SMILES string of the molecule is CCN(Cc1ccccc1)c1onc(-c2ccc(Cl)cc2)c1C(=O)OC. The van der Waals surface area contributed by atoms with E-state index in [4.69, 9.17) is 20.9 Å². The summed E-state index contributed by atoms with van der Waals surface area (Å²) >= 11 is 5.95. The first-order chi connectivity index (χ1) is 12.6. The number of ether oxygens (including phenoxy) is 1. The summed E-state index contributed by atoms with van der Waals surface area (Å²) in [4.78, 5) is 14.4. The van der Waals surface area contributed by atoms with Crippen molar-refractivity contribution in [3.8, 4) is 11.3 Å². The second-order valence-electron chi connectivity index (χ2n) is 5.71. The molecule has 3 rings (SSSR count). The van der Waals surface area contributed by atoms with Crippen LogP contribution in [0.4, 0.5) is 5.88 Å². The molecule has 3 aromatic rings. The van der Waals surface area contributed by atoms with Gasteiger partial charge >= 0.3 is 5.97 Å². The molecule has 0 aliphatic heterocycles. The van der Waals surface area contributed by atoms with Crippen molar-refractivity contribution in [1.29, 1.82) is 0 Å². The van der Waals surface area contributed by atoms with Gasteiger partial charge in [-0.05, 0) is 24.6 Å². The van der Waals surface area contributed by atoms with Gasteiger partial charge in [0.25, 0.3) is 0 Å². The van der Waals surface area contributed by atoms with Crippen molar-refractivity contribution >= 4 is 23.5 Å². The highest BCUT2D eigenvalue weighted by Crippen LogP contribution is 2.33. The van der Waals surface area contributed by atoms with Crippen LogP contribution < -0.4 is 4.90 Å². The highest BCUT2D eigenvalue weighted by molar-refractivity contribution is 6.30. The average molecular weight is 371 g/mol. The largest absolute Gasteiger partial charge is 0.465 e. The lowest BCUT2D eigenvalue weighted by Gasteiger charge is -2.20. The number of carbonyl (C=O) groups excluding carboxylic acids is 1. The van der Waals surface area contributed by atoms with Crippen LogP contribution in [-0.2, 0) is 11.3 Å². The second kappa shape index (κ2) is 8.06. The van der Waals surface area contributed by atoms with Crippen molar-refractivity contribution in [1.82, 2.24) is 5.16 Å². The van der Waals surface area contributed by atoms with Crippen molar-refractivity contribution in [2.75, 3.05) is 18.6 Å². The van der Waals surface area contributed by atoms with Gasteiger partial charge in [-0.1, -0.05) is 59.2 Å². The van der Waals surface area contributed by atoms with E-state index in [1.54, 1.807) is 24.3 Å². The Morgan fingerprint density at radius 1 is 1.15 bits per heavy atom. The van der Waals surface area contributed by atoms with Crippen LogP contribution in [0.3, 0.4) is 0 Å². The van der Waals surface area contributed by atoms with E-state index in [-0.39, 0.29) is 0 Å². The lowest BCUT2D eigenvalue weighted by atomic mass is 10.1. The van der Waals surface area contributed by atoms with Crippen LogP contribution in [0.15, 0.2) is 59.1 Å². The molecule has 6 heteroatoms. The predicted octanol–water partition coefficient (Wildman–Crippen LogP) is 4.81. The lowest BCUT2D eigenvalue weighted by Crippen LogP contribution is -2.23. The zero-order valence-electron chi connectivity index (χ0n) is 14.6. The summed E-state index contributed by atoms with van der Waals surface area (Å²) in [6, 6.07) is 17.0. The van der Waals surface area contributed by atoms with Crippen LogP contribution in [0.1, 0.15) is 22.8 Å². The fourth-order valence-corrected chi connectivity index (χ4v) is 2.85. The highest BCUT2D eigenvalue weighted by atomic mass is 35.5. The van der Waals surface area contributed by atoms with E-state index in [1.165, 1.54) is 7.11 Å². The van der Waals surface area contributed by atoms with E-state index in [1.807, 2.05) is 42.2 Å². The molecule has 1 heterocycles. The molecular weight excluding hydrogens is 352 g/mol. The molecule has 0 fully saturated rings. The monoisotopic (exact) mass is 370 g/mol. The molecular formula is C20H19ClN2O3. The molecule has 0 saturated carbocycles. The summed E-state index contributed by atoms with van der Waals surface area (Å²) in [5.41, 5.74) is 2.60. The Bertz CT molecular complexity index is 876. The number of carbonyl (C=O) groups is 1. The molecule has 134 valence electrons.